The molecular formula is C21H21FN6O3S. The number of rotatable bonds is 7. The Bertz CT molecular complexity index is 1190. The Morgan fingerprint density at radius 2 is 2.03 bits per heavy atom. The van der Waals surface area contributed by atoms with Crippen LogP contribution in [0.5, 0.6) is 0 Å². The Labute approximate surface area is 187 Å². The molecule has 0 spiro atoms. The molecule has 2 aromatic heterocycles. The van der Waals surface area contributed by atoms with Gasteiger partial charge in [0.25, 0.3) is 0 Å². The van der Waals surface area contributed by atoms with Crippen LogP contribution in [-0.4, -0.2) is 50.2 Å². The highest BCUT2D eigenvalue weighted by atomic mass is 32.2. The second kappa shape index (κ2) is 9.35. The molecule has 1 atom stereocenters. The number of halogens is 1. The van der Waals surface area contributed by atoms with Crippen LogP contribution in [0.15, 0.2) is 53.1 Å². The summed E-state index contributed by atoms with van der Waals surface area (Å²) < 4.78 is 20.1. The standard InChI is InChI=1S/C21H21FN6O3S/c1-3-15-17(20(29)31-4-2)16(27-21(30)26-15)10-32-19-14-9-25-28(18(14)23-11-24-19)13-7-5-12(22)6-8-13/h5-9,11,15H,3-4,10H2,1-2H3,(H2,26,27,30)/t15-/m1/s1. The molecule has 3 heterocycles. The number of carbonyl (C=O) groups is 2. The van der Waals surface area contributed by atoms with Gasteiger partial charge >= 0.3 is 12.0 Å². The van der Waals surface area contributed by atoms with Crippen molar-refractivity contribution in [3.05, 3.63) is 53.9 Å². The lowest BCUT2D eigenvalue weighted by molar-refractivity contribution is -0.139. The van der Waals surface area contributed by atoms with Gasteiger partial charge in [-0.25, -0.2) is 28.6 Å². The first-order chi connectivity index (χ1) is 15.5. The van der Waals surface area contributed by atoms with Gasteiger partial charge in [-0.1, -0.05) is 18.7 Å². The number of aromatic nitrogens is 4. The number of ether oxygens (including phenoxy) is 1. The number of hydrogen-bond acceptors (Lipinski definition) is 7. The zero-order valence-electron chi connectivity index (χ0n) is 17.5. The van der Waals surface area contributed by atoms with Crippen LogP contribution in [0.2, 0.25) is 0 Å². The molecule has 0 radical (unpaired) electrons. The third-order valence-corrected chi connectivity index (χ3v) is 5.93. The predicted octanol–water partition coefficient (Wildman–Crippen LogP) is 2.96. The van der Waals surface area contributed by atoms with E-state index < -0.39 is 12.0 Å². The number of nitrogens with zero attached hydrogens (tertiary/aromatic N) is 4. The first kappa shape index (κ1) is 21.8. The van der Waals surface area contributed by atoms with Crippen molar-refractivity contribution in [1.29, 1.82) is 0 Å². The summed E-state index contributed by atoms with van der Waals surface area (Å²) >= 11 is 1.35. The molecule has 0 fully saturated rings. The molecule has 11 heteroatoms. The second-order valence-electron chi connectivity index (χ2n) is 6.91. The van der Waals surface area contributed by atoms with Gasteiger partial charge in [0.15, 0.2) is 5.65 Å². The number of fused-ring (bicyclic) bond motifs is 1. The number of hydrogen-bond donors (Lipinski definition) is 2. The molecule has 1 aromatic carbocycles. The fourth-order valence-electron chi connectivity index (χ4n) is 3.42. The molecule has 1 aliphatic heterocycles. The van der Waals surface area contributed by atoms with Gasteiger partial charge in [0.05, 0.1) is 35.5 Å². The summed E-state index contributed by atoms with van der Waals surface area (Å²) in [6, 6.07) is 5.15. The zero-order chi connectivity index (χ0) is 22.7. The minimum absolute atomic E-state index is 0.238. The van der Waals surface area contributed by atoms with Crippen LogP contribution < -0.4 is 10.6 Å². The van der Waals surface area contributed by atoms with Gasteiger partial charge in [0, 0.05) is 11.4 Å². The molecular weight excluding hydrogens is 435 g/mol. The number of amides is 2. The molecule has 0 bridgehead atoms. The molecule has 3 aromatic rings. The van der Waals surface area contributed by atoms with Gasteiger partial charge in [-0.2, -0.15) is 5.10 Å². The van der Waals surface area contributed by atoms with Crippen molar-refractivity contribution >= 4 is 34.8 Å². The zero-order valence-corrected chi connectivity index (χ0v) is 18.3. The summed E-state index contributed by atoms with van der Waals surface area (Å²) in [5.74, 6) is -0.498. The summed E-state index contributed by atoms with van der Waals surface area (Å²) in [7, 11) is 0. The third-order valence-electron chi connectivity index (χ3n) is 4.90. The van der Waals surface area contributed by atoms with E-state index >= 15 is 0 Å². The van der Waals surface area contributed by atoms with Crippen LogP contribution >= 0.6 is 11.8 Å². The molecule has 1 aliphatic rings. The Balaban J connectivity index is 1.65. The van der Waals surface area contributed by atoms with E-state index in [1.807, 2.05) is 6.92 Å². The van der Waals surface area contributed by atoms with Gasteiger partial charge in [0.2, 0.25) is 0 Å². The molecule has 2 amide bonds. The maximum atomic E-state index is 13.3. The number of carbonyl (C=O) groups excluding carboxylic acids is 2. The lowest BCUT2D eigenvalue weighted by Gasteiger charge is -2.28. The first-order valence-electron chi connectivity index (χ1n) is 10.1. The van der Waals surface area contributed by atoms with Crippen molar-refractivity contribution in [3.63, 3.8) is 0 Å². The molecule has 0 saturated heterocycles. The Morgan fingerprint density at radius 1 is 1.25 bits per heavy atom. The van der Waals surface area contributed by atoms with Crippen LogP contribution in [0.3, 0.4) is 0 Å². The molecule has 0 unspecified atom stereocenters. The average Bonchev–Trinajstić information content (AvgIpc) is 3.22. The summed E-state index contributed by atoms with van der Waals surface area (Å²) in [4.78, 5) is 33.3. The Kier molecular flexibility index (Phi) is 6.35. The van der Waals surface area contributed by atoms with Crippen LogP contribution in [0, 0.1) is 5.82 Å². The molecule has 32 heavy (non-hydrogen) atoms. The van der Waals surface area contributed by atoms with E-state index in [9.17, 15) is 14.0 Å². The summed E-state index contributed by atoms with van der Waals surface area (Å²) in [5, 5.41) is 11.2. The van der Waals surface area contributed by atoms with E-state index in [-0.39, 0.29) is 18.5 Å². The smallest absolute Gasteiger partial charge is 0.337 e. The highest BCUT2D eigenvalue weighted by molar-refractivity contribution is 7.99. The number of urea groups is 1. The molecule has 0 saturated carbocycles. The highest BCUT2D eigenvalue weighted by Crippen LogP contribution is 2.29. The highest BCUT2D eigenvalue weighted by Gasteiger charge is 2.31. The Morgan fingerprint density at radius 3 is 2.75 bits per heavy atom. The molecule has 2 N–H and O–H groups in total. The van der Waals surface area contributed by atoms with Gasteiger partial charge in [-0.15, -0.1) is 0 Å². The quantitative estimate of drug-likeness (QED) is 0.319. The van der Waals surface area contributed by atoms with E-state index in [1.54, 1.807) is 29.9 Å². The van der Waals surface area contributed by atoms with Crippen LogP contribution in [0.1, 0.15) is 20.3 Å². The first-order valence-corrected chi connectivity index (χ1v) is 11.1. The van der Waals surface area contributed by atoms with E-state index in [2.05, 4.69) is 25.7 Å². The number of thioether (sulfide) groups is 1. The maximum Gasteiger partial charge on any atom is 0.337 e. The van der Waals surface area contributed by atoms with E-state index in [0.717, 1.165) is 0 Å². The van der Waals surface area contributed by atoms with E-state index in [4.69, 9.17) is 4.74 Å². The van der Waals surface area contributed by atoms with Crippen molar-refractivity contribution in [2.45, 2.75) is 31.3 Å². The van der Waals surface area contributed by atoms with E-state index in [1.165, 1.54) is 30.2 Å². The summed E-state index contributed by atoms with van der Waals surface area (Å²) in [6.07, 6.45) is 3.61. The largest absolute Gasteiger partial charge is 0.463 e. The van der Waals surface area contributed by atoms with Crippen molar-refractivity contribution in [2.24, 2.45) is 0 Å². The molecule has 0 aliphatic carbocycles. The normalized spacial score (nSPS) is 16.1. The van der Waals surface area contributed by atoms with Crippen LogP contribution in [0.4, 0.5) is 9.18 Å². The minimum Gasteiger partial charge on any atom is -0.463 e. The number of benzene rings is 1. The maximum absolute atomic E-state index is 13.3. The fourth-order valence-corrected chi connectivity index (χ4v) is 4.35. The third kappa shape index (κ3) is 4.28. The van der Waals surface area contributed by atoms with Crippen molar-refractivity contribution in [1.82, 2.24) is 30.4 Å². The lowest BCUT2D eigenvalue weighted by Crippen LogP contribution is -2.50. The monoisotopic (exact) mass is 456 g/mol. The topological polar surface area (TPSA) is 111 Å². The van der Waals surface area contributed by atoms with Gasteiger partial charge in [0.1, 0.15) is 17.2 Å². The number of nitrogens with one attached hydrogen (secondary N) is 2. The van der Waals surface area contributed by atoms with E-state index in [0.29, 0.717) is 45.2 Å². The fraction of sp³-hybridized carbons (Fsp3) is 0.286. The Hall–Kier alpha value is -3.47. The second-order valence-corrected chi connectivity index (χ2v) is 7.87. The number of esters is 1. The SMILES string of the molecule is CCOC(=O)C1=C(CSc2ncnc3c2cnn3-c2ccc(F)cc2)NC(=O)N[C@@H]1CC. The van der Waals surface area contributed by atoms with Crippen LogP contribution in [0.25, 0.3) is 16.7 Å². The minimum atomic E-state index is -0.459. The summed E-state index contributed by atoms with van der Waals surface area (Å²) in [6.45, 7) is 3.86. The average molecular weight is 457 g/mol. The molecule has 4 rings (SSSR count). The van der Waals surface area contributed by atoms with Gasteiger partial charge < -0.3 is 15.4 Å². The predicted molar refractivity (Wildman–Crippen MR) is 117 cm³/mol. The van der Waals surface area contributed by atoms with Crippen molar-refractivity contribution < 1.29 is 18.7 Å². The van der Waals surface area contributed by atoms with Crippen molar-refractivity contribution in [2.75, 3.05) is 12.4 Å². The summed E-state index contributed by atoms with van der Waals surface area (Å²) in [5.41, 5.74) is 2.13. The molecule has 166 valence electrons. The molecule has 9 nitrogen and oxygen atoms in total. The van der Waals surface area contributed by atoms with Gasteiger partial charge in [-0.05, 0) is 37.6 Å². The van der Waals surface area contributed by atoms with Gasteiger partial charge in [-0.3, -0.25) is 0 Å². The lowest BCUT2D eigenvalue weighted by atomic mass is 10.0. The van der Waals surface area contributed by atoms with Crippen molar-refractivity contribution in [3.8, 4) is 5.69 Å². The van der Waals surface area contributed by atoms with Crippen LogP contribution in [-0.2, 0) is 9.53 Å².